The summed E-state index contributed by atoms with van der Waals surface area (Å²) in [6.07, 6.45) is 2.87. The summed E-state index contributed by atoms with van der Waals surface area (Å²) in [4.78, 5) is 18.3. The topological polar surface area (TPSA) is 59.0 Å². The second kappa shape index (κ2) is 9.61. The van der Waals surface area contributed by atoms with Crippen molar-refractivity contribution in [3.8, 4) is 0 Å². The maximum atomic E-state index is 11.2. The monoisotopic (exact) mass is 436 g/mol. The molecule has 6 nitrogen and oxygen atoms in total. The third-order valence-corrected chi connectivity index (χ3v) is 7.52. The van der Waals surface area contributed by atoms with Crippen LogP contribution in [0.1, 0.15) is 30.4 Å². The SMILES string of the molecule is CN(Cc1ccc(N2CCC(c3ccccc3)(N(C)C)CC2)cc1)[C@@H]1CN[C@H](C(=O)O)C1. The van der Waals surface area contributed by atoms with Crippen molar-refractivity contribution in [2.75, 3.05) is 45.7 Å². The van der Waals surface area contributed by atoms with E-state index in [1.807, 2.05) is 0 Å². The zero-order valence-corrected chi connectivity index (χ0v) is 19.5. The van der Waals surface area contributed by atoms with Gasteiger partial charge in [0.15, 0.2) is 0 Å². The van der Waals surface area contributed by atoms with Crippen molar-refractivity contribution in [2.24, 2.45) is 0 Å². The van der Waals surface area contributed by atoms with Gasteiger partial charge in [-0.1, -0.05) is 42.5 Å². The van der Waals surface area contributed by atoms with E-state index in [1.54, 1.807) is 0 Å². The number of piperidine rings is 1. The van der Waals surface area contributed by atoms with Crippen LogP contribution in [0.4, 0.5) is 5.69 Å². The average Bonchev–Trinajstić information content (AvgIpc) is 3.31. The number of nitrogens with one attached hydrogen (secondary N) is 1. The van der Waals surface area contributed by atoms with Crippen LogP contribution in [0.5, 0.6) is 0 Å². The van der Waals surface area contributed by atoms with Crippen molar-refractivity contribution in [1.82, 2.24) is 15.1 Å². The van der Waals surface area contributed by atoms with Crippen molar-refractivity contribution >= 4 is 11.7 Å². The molecule has 2 heterocycles. The fraction of sp³-hybridized carbons (Fsp3) is 0.500. The number of carboxylic acids is 1. The van der Waals surface area contributed by atoms with Crippen molar-refractivity contribution in [1.29, 1.82) is 0 Å². The number of anilines is 1. The van der Waals surface area contributed by atoms with Crippen molar-refractivity contribution in [3.05, 3.63) is 65.7 Å². The van der Waals surface area contributed by atoms with E-state index in [4.69, 9.17) is 0 Å². The fourth-order valence-electron chi connectivity index (χ4n) is 5.35. The normalized spacial score (nSPS) is 23.1. The molecule has 32 heavy (non-hydrogen) atoms. The second-order valence-electron chi connectivity index (χ2n) is 9.55. The Morgan fingerprint density at radius 1 is 1.06 bits per heavy atom. The molecule has 0 amide bonds. The van der Waals surface area contributed by atoms with Gasteiger partial charge >= 0.3 is 5.97 Å². The van der Waals surface area contributed by atoms with Gasteiger partial charge in [-0.05, 0) is 63.7 Å². The Hall–Kier alpha value is -2.41. The van der Waals surface area contributed by atoms with Crippen LogP contribution < -0.4 is 10.2 Å². The van der Waals surface area contributed by atoms with Gasteiger partial charge in [0.1, 0.15) is 6.04 Å². The Labute approximate surface area is 191 Å². The van der Waals surface area contributed by atoms with Crippen LogP contribution in [-0.2, 0) is 16.9 Å². The van der Waals surface area contributed by atoms with Gasteiger partial charge in [0.25, 0.3) is 0 Å². The molecule has 6 heteroatoms. The molecule has 2 fully saturated rings. The molecule has 2 aromatic carbocycles. The molecule has 2 aliphatic heterocycles. The lowest BCUT2D eigenvalue weighted by Gasteiger charge is -2.47. The Kier molecular flexibility index (Phi) is 6.84. The van der Waals surface area contributed by atoms with Crippen LogP contribution in [0.2, 0.25) is 0 Å². The van der Waals surface area contributed by atoms with Gasteiger partial charge in [-0.2, -0.15) is 0 Å². The van der Waals surface area contributed by atoms with E-state index in [-0.39, 0.29) is 11.6 Å². The van der Waals surface area contributed by atoms with Crippen molar-refractivity contribution < 1.29 is 9.90 Å². The molecule has 2 aliphatic rings. The Morgan fingerprint density at radius 3 is 2.28 bits per heavy atom. The highest BCUT2D eigenvalue weighted by Crippen LogP contribution is 2.38. The van der Waals surface area contributed by atoms with Crippen LogP contribution in [0.25, 0.3) is 0 Å². The fourth-order valence-corrected chi connectivity index (χ4v) is 5.35. The molecule has 0 spiro atoms. The summed E-state index contributed by atoms with van der Waals surface area (Å²) >= 11 is 0. The molecule has 172 valence electrons. The first kappa shape index (κ1) is 22.8. The number of carbonyl (C=O) groups is 1. The van der Waals surface area contributed by atoms with Gasteiger partial charge < -0.3 is 15.3 Å². The van der Waals surface area contributed by atoms with Crippen LogP contribution in [0.3, 0.4) is 0 Å². The lowest BCUT2D eigenvalue weighted by atomic mass is 9.79. The maximum Gasteiger partial charge on any atom is 0.320 e. The number of likely N-dealkylation sites (N-methyl/N-ethyl adjacent to an activating group) is 1. The summed E-state index contributed by atoms with van der Waals surface area (Å²) in [5.74, 6) is -0.752. The third-order valence-electron chi connectivity index (χ3n) is 7.52. The number of nitrogens with zero attached hydrogens (tertiary/aromatic N) is 3. The number of aliphatic carboxylic acids is 1. The first-order valence-electron chi connectivity index (χ1n) is 11.6. The van der Waals surface area contributed by atoms with Crippen molar-refractivity contribution in [3.63, 3.8) is 0 Å². The highest BCUT2D eigenvalue weighted by molar-refractivity contribution is 5.74. The van der Waals surface area contributed by atoms with Gasteiger partial charge in [-0.25, -0.2) is 0 Å². The van der Waals surface area contributed by atoms with Gasteiger partial charge in [0.05, 0.1) is 0 Å². The smallest absolute Gasteiger partial charge is 0.320 e. The number of rotatable bonds is 7. The predicted molar refractivity (Wildman–Crippen MR) is 129 cm³/mol. The molecule has 0 radical (unpaired) electrons. The van der Waals surface area contributed by atoms with Crippen LogP contribution in [0.15, 0.2) is 54.6 Å². The zero-order chi connectivity index (χ0) is 22.7. The van der Waals surface area contributed by atoms with Gasteiger partial charge in [-0.15, -0.1) is 0 Å². The zero-order valence-electron chi connectivity index (χ0n) is 19.5. The lowest BCUT2D eigenvalue weighted by molar-refractivity contribution is -0.139. The standard InChI is InChI=1S/C26H36N4O2/c1-28(2)26(21-7-5-4-6-8-21)13-15-30(16-14-26)22-11-9-20(10-12-22)19-29(3)23-17-24(25(31)32)27-18-23/h4-12,23-24,27H,13-19H2,1-3H3,(H,31,32)/t23-,24-/m0/s1. The van der Waals surface area contributed by atoms with E-state index in [0.717, 1.165) is 39.0 Å². The minimum atomic E-state index is -0.752. The van der Waals surface area contributed by atoms with E-state index in [9.17, 15) is 9.90 Å². The Bertz CT molecular complexity index is 892. The number of hydrogen-bond donors (Lipinski definition) is 2. The lowest BCUT2D eigenvalue weighted by Crippen LogP contribution is -2.50. The summed E-state index contributed by atoms with van der Waals surface area (Å²) in [5.41, 5.74) is 4.06. The van der Waals surface area contributed by atoms with Crippen LogP contribution in [-0.4, -0.2) is 73.7 Å². The summed E-state index contributed by atoms with van der Waals surface area (Å²) in [5, 5.41) is 12.3. The molecule has 2 atom stereocenters. The van der Waals surface area contributed by atoms with Crippen molar-refractivity contribution in [2.45, 2.75) is 43.4 Å². The minimum absolute atomic E-state index is 0.101. The highest BCUT2D eigenvalue weighted by atomic mass is 16.4. The predicted octanol–water partition coefficient (Wildman–Crippen LogP) is 2.99. The molecule has 2 saturated heterocycles. The molecular weight excluding hydrogens is 400 g/mol. The van der Waals surface area contributed by atoms with E-state index in [0.29, 0.717) is 6.42 Å². The van der Waals surface area contributed by atoms with E-state index < -0.39 is 12.0 Å². The third kappa shape index (κ3) is 4.68. The van der Waals surface area contributed by atoms with Gasteiger partial charge in [0.2, 0.25) is 0 Å². The van der Waals surface area contributed by atoms with Gasteiger partial charge in [0, 0.05) is 43.4 Å². The number of carboxylic acid groups (broad SMARTS) is 1. The van der Waals surface area contributed by atoms with Gasteiger partial charge in [-0.3, -0.25) is 14.6 Å². The van der Waals surface area contributed by atoms with E-state index in [1.165, 1.54) is 16.8 Å². The number of benzene rings is 2. The van der Waals surface area contributed by atoms with Crippen LogP contribution >= 0.6 is 0 Å². The average molecular weight is 437 g/mol. The first-order valence-corrected chi connectivity index (χ1v) is 11.6. The second-order valence-corrected chi connectivity index (χ2v) is 9.55. The minimum Gasteiger partial charge on any atom is -0.480 e. The molecule has 0 aromatic heterocycles. The molecule has 2 aromatic rings. The summed E-state index contributed by atoms with van der Waals surface area (Å²) in [6.45, 7) is 3.64. The molecule has 0 saturated carbocycles. The Balaban J connectivity index is 1.35. The molecule has 2 N–H and O–H groups in total. The molecule has 4 rings (SSSR count). The van der Waals surface area contributed by atoms with Crippen LogP contribution in [0, 0.1) is 0 Å². The molecule has 0 aliphatic carbocycles. The summed E-state index contributed by atoms with van der Waals surface area (Å²) < 4.78 is 0. The molecule has 0 bridgehead atoms. The summed E-state index contributed by atoms with van der Waals surface area (Å²) in [7, 11) is 6.48. The number of hydrogen-bond acceptors (Lipinski definition) is 5. The first-order chi connectivity index (χ1) is 15.4. The maximum absolute atomic E-state index is 11.2. The quantitative estimate of drug-likeness (QED) is 0.696. The molecule has 0 unspecified atom stereocenters. The highest BCUT2D eigenvalue weighted by Gasteiger charge is 2.38. The largest absolute Gasteiger partial charge is 0.480 e. The van der Waals surface area contributed by atoms with E-state index in [2.05, 4.69) is 95.8 Å². The van der Waals surface area contributed by atoms with E-state index >= 15 is 0 Å². The Morgan fingerprint density at radius 2 is 1.72 bits per heavy atom. The summed E-state index contributed by atoms with van der Waals surface area (Å²) in [6, 6.07) is 19.7. The molecular formula is C26H36N4O2.